The van der Waals surface area contributed by atoms with Crippen molar-refractivity contribution in [1.82, 2.24) is 9.97 Å². The number of hydrogen-bond acceptors (Lipinski definition) is 5. The van der Waals surface area contributed by atoms with Crippen molar-refractivity contribution in [1.29, 1.82) is 5.26 Å². The molecular formula is C11H8BF3N5-. The van der Waals surface area contributed by atoms with Gasteiger partial charge in [0.05, 0.1) is 5.69 Å². The van der Waals surface area contributed by atoms with Gasteiger partial charge in [0.25, 0.3) is 0 Å². The van der Waals surface area contributed by atoms with E-state index >= 15 is 0 Å². The van der Waals surface area contributed by atoms with E-state index in [2.05, 4.69) is 9.97 Å². The molecular weight excluding hydrogens is 270 g/mol. The molecule has 2 rings (SSSR count). The van der Waals surface area contributed by atoms with E-state index in [1.165, 1.54) is 12.1 Å². The minimum absolute atomic E-state index is 0.0236. The fourth-order valence-corrected chi connectivity index (χ4v) is 1.67. The molecule has 0 saturated heterocycles. The third-order valence-electron chi connectivity index (χ3n) is 2.63. The molecule has 4 N–H and O–H groups in total. The number of nitriles is 1. The molecule has 0 amide bonds. The average Bonchev–Trinajstić information content (AvgIpc) is 2.37. The van der Waals surface area contributed by atoms with Gasteiger partial charge >= 0.3 is 6.98 Å². The SMILES string of the molecule is N#Cc1c(N)nc(N)nc1-c1ccc([B-](F)(F)F)cc1. The maximum Gasteiger partial charge on any atom is 0.509 e. The van der Waals surface area contributed by atoms with Crippen LogP contribution < -0.4 is 16.9 Å². The Hall–Kier alpha value is -2.76. The molecule has 1 aromatic heterocycles. The van der Waals surface area contributed by atoms with Crippen LogP contribution in [0.15, 0.2) is 24.3 Å². The van der Waals surface area contributed by atoms with E-state index in [-0.39, 0.29) is 23.0 Å². The molecule has 1 aromatic carbocycles. The molecule has 0 atom stereocenters. The van der Waals surface area contributed by atoms with Crippen LogP contribution in [-0.4, -0.2) is 16.9 Å². The Bertz CT molecular complexity index is 691. The molecule has 1 heterocycles. The zero-order valence-electron chi connectivity index (χ0n) is 10.0. The van der Waals surface area contributed by atoms with Gasteiger partial charge in [0.15, 0.2) is 0 Å². The third-order valence-corrected chi connectivity index (χ3v) is 2.63. The van der Waals surface area contributed by atoms with Crippen molar-refractivity contribution >= 4 is 24.2 Å². The van der Waals surface area contributed by atoms with E-state index in [9.17, 15) is 12.9 Å². The van der Waals surface area contributed by atoms with Gasteiger partial charge < -0.3 is 24.4 Å². The van der Waals surface area contributed by atoms with Gasteiger partial charge in [0, 0.05) is 5.56 Å². The molecule has 0 fully saturated rings. The number of halogens is 3. The molecule has 9 heteroatoms. The second kappa shape index (κ2) is 4.73. The summed E-state index contributed by atoms with van der Waals surface area (Å²) < 4.78 is 37.6. The standard InChI is InChI=1S/C11H8BF3N5/c13-12(14,15)7-3-1-6(2-4-7)9-8(5-16)10(17)20-11(18)19-9/h1-4H,(H4,17,18,19,20)/q-1. The maximum absolute atomic E-state index is 12.5. The largest absolute Gasteiger partial charge is 0.509 e. The summed E-state index contributed by atoms with van der Waals surface area (Å²) in [5.41, 5.74) is 10.6. The highest BCUT2D eigenvalue weighted by molar-refractivity contribution is 6.73. The van der Waals surface area contributed by atoms with Crippen LogP contribution in [0.25, 0.3) is 11.3 Å². The predicted molar refractivity (Wildman–Crippen MR) is 69.7 cm³/mol. The highest BCUT2D eigenvalue weighted by Crippen LogP contribution is 2.25. The molecule has 0 radical (unpaired) electrons. The first kappa shape index (κ1) is 13.7. The normalized spacial score (nSPS) is 11.1. The number of hydrogen-bond donors (Lipinski definition) is 2. The molecule has 0 aliphatic heterocycles. The summed E-state index contributed by atoms with van der Waals surface area (Å²) in [7, 11) is 0. The van der Waals surface area contributed by atoms with Crippen LogP contribution in [0.1, 0.15) is 5.56 Å². The number of nitrogen functional groups attached to an aromatic ring is 2. The minimum Gasteiger partial charge on any atom is -0.445 e. The topological polar surface area (TPSA) is 102 Å². The van der Waals surface area contributed by atoms with E-state index in [1.807, 2.05) is 6.07 Å². The maximum atomic E-state index is 12.5. The summed E-state index contributed by atoms with van der Waals surface area (Å²) >= 11 is 0. The molecule has 5 nitrogen and oxygen atoms in total. The number of anilines is 2. The second-order valence-corrected chi connectivity index (χ2v) is 4.00. The summed E-state index contributed by atoms with van der Waals surface area (Å²) in [6.45, 7) is -5.07. The second-order valence-electron chi connectivity index (χ2n) is 4.00. The van der Waals surface area contributed by atoms with Gasteiger partial charge in [-0.2, -0.15) is 10.2 Å². The van der Waals surface area contributed by atoms with Crippen molar-refractivity contribution in [2.45, 2.75) is 0 Å². The number of nitrogens with zero attached hydrogens (tertiary/aromatic N) is 3. The monoisotopic (exact) mass is 278 g/mol. The van der Waals surface area contributed by atoms with Gasteiger partial charge in [0.2, 0.25) is 5.95 Å². The zero-order chi connectivity index (χ0) is 14.9. The van der Waals surface area contributed by atoms with Crippen LogP contribution in [0, 0.1) is 11.3 Å². The average molecular weight is 278 g/mol. The molecule has 0 aliphatic rings. The van der Waals surface area contributed by atoms with Crippen molar-refractivity contribution in [3.8, 4) is 17.3 Å². The van der Waals surface area contributed by atoms with Gasteiger partial charge in [-0.05, 0) is 0 Å². The summed E-state index contributed by atoms with van der Waals surface area (Å²) in [6, 6.07) is 6.08. The van der Waals surface area contributed by atoms with Crippen molar-refractivity contribution in [3.05, 3.63) is 29.8 Å². The lowest BCUT2D eigenvalue weighted by atomic mass is 9.80. The molecule has 0 aliphatic carbocycles. The lowest BCUT2D eigenvalue weighted by Crippen LogP contribution is -2.33. The van der Waals surface area contributed by atoms with E-state index in [4.69, 9.17) is 16.7 Å². The molecule has 0 spiro atoms. The molecule has 0 unspecified atom stereocenters. The van der Waals surface area contributed by atoms with E-state index in [0.29, 0.717) is 5.56 Å². The fraction of sp³-hybridized carbons (Fsp3) is 0. The van der Waals surface area contributed by atoms with Crippen LogP contribution in [0.3, 0.4) is 0 Å². The quantitative estimate of drug-likeness (QED) is 0.804. The zero-order valence-corrected chi connectivity index (χ0v) is 10.0. The van der Waals surface area contributed by atoms with Gasteiger partial charge in [-0.15, -0.1) is 5.46 Å². The third kappa shape index (κ3) is 2.49. The smallest absolute Gasteiger partial charge is 0.445 e. The summed E-state index contributed by atoms with van der Waals surface area (Å²) in [5.74, 6) is -0.264. The van der Waals surface area contributed by atoms with Crippen LogP contribution in [0.4, 0.5) is 24.7 Å². The Kier molecular flexibility index (Phi) is 3.23. The Morgan fingerprint density at radius 1 is 1.05 bits per heavy atom. The van der Waals surface area contributed by atoms with Crippen molar-refractivity contribution in [3.63, 3.8) is 0 Å². The summed E-state index contributed by atoms with van der Waals surface area (Å²) in [6.07, 6.45) is 0. The molecule has 20 heavy (non-hydrogen) atoms. The summed E-state index contributed by atoms with van der Waals surface area (Å²) in [5, 5.41) is 9.01. The first-order chi connectivity index (χ1) is 9.32. The first-order valence-electron chi connectivity index (χ1n) is 5.46. The number of benzene rings is 1. The van der Waals surface area contributed by atoms with Crippen molar-refractivity contribution in [2.75, 3.05) is 11.5 Å². The molecule has 2 aromatic rings. The Morgan fingerprint density at radius 3 is 2.15 bits per heavy atom. The molecule has 0 saturated carbocycles. The van der Waals surface area contributed by atoms with E-state index < -0.39 is 12.4 Å². The fourth-order valence-electron chi connectivity index (χ4n) is 1.67. The lowest BCUT2D eigenvalue weighted by molar-refractivity contribution is 0.501. The van der Waals surface area contributed by atoms with Gasteiger partial charge in [-0.1, -0.05) is 24.3 Å². The Morgan fingerprint density at radius 2 is 1.65 bits per heavy atom. The van der Waals surface area contributed by atoms with Gasteiger partial charge in [0.1, 0.15) is 17.5 Å². The Labute approximate surface area is 112 Å². The van der Waals surface area contributed by atoms with Gasteiger partial charge in [-0.3, -0.25) is 0 Å². The highest BCUT2D eigenvalue weighted by Gasteiger charge is 2.25. The lowest BCUT2D eigenvalue weighted by Gasteiger charge is -2.15. The number of nitrogens with two attached hydrogens (primary N) is 2. The van der Waals surface area contributed by atoms with Crippen LogP contribution in [0.5, 0.6) is 0 Å². The van der Waals surface area contributed by atoms with Crippen LogP contribution in [0.2, 0.25) is 0 Å². The first-order valence-corrected chi connectivity index (χ1v) is 5.46. The minimum atomic E-state index is -5.07. The van der Waals surface area contributed by atoms with Gasteiger partial charge in [-0.25, -0.2) is 4.98 Å². The van der Waals surface area contributed by atoms with Crippen molar-refractivity contribution < 1.29 is 12.9 Å². The van der Waals surface area contributed by atoms with E-state index in [0.717, 1.165) is 12.1 Å². The predicted octanol–water partition coefficient (Wildman–Crippen LogP) is 1.23. The Balaban J connectivity index is 2.56. The van der Waals surface area contributed by atoms with E-state index in [1.54, 1.807) is 0 Å². The highest BCUT2D eigenvalue weighted by atomic mass is 19.4. The molecule has 102 valence electrons. The summed E-state index contributed by atoms with van der Waals surface area (Å²) in [4.78, 5) is 7.49. The van der Waals surface area contributed by atoms with Crippen LogP contribution >= 0.6 is 0 Å². The van der Waals surface area contributed by atoms with Crippen LogP contribution in [-0.2, 0) is 0 Å². The molecule has 0 bridgehead atoms. The van der Waals surface area contributed by atoms with Crippen molar-refractivity contribution in [2.24, 2.45) is 0 Å². The number of aromatic nitrogens is 2. The number of rotatable bonds is 2.